The van der Waals surface area contributed by atoms with Gasteiger partial charge in [0, 0.05) is 6.42 Å². The Kier molecular flexibility index (Phi) is 4.51. The van der Waals surface area contributed by atoms with Gasteiger partial charge in [-0.05, 0) is 34.7 Å². The van der Waals surface area contributed by atoms with Gasteiger partial charge in [-0.1, -0.05) is 31.2 Å². The Hall–Kier alpha value is -3.22. The molecule has 7 nitrogen and oxygen atoms in total. The molecule has 7 heteroatoms. The van der Waals surface area contributed by atoms with E-state index in [4.69, 9.17) is 4.74 Å². The second-order valence-electron chi connectivity index (χ2n) is 5.03. The first kappa shape index (κ1) is 15.7. The van der Waals surface area contributed by atoms with E-state index in [9.17, 15) is 4.79 Å². The third-order valence-electron chi connectivity index (χ3n) is 3.58. The molecule has 0 atom stereocenters. The molecule has 0 fully saturated rings. The molecular formula is C17H17N5O2. The molecule has 0 aliphatic rings. The second kappa shape index (κ2) is 6.91. The molecule has 0 radical (unpaired) electrons. The van der Waals surface area contributed by atoms with Crippen LogP contribution in [0.2, 0.25) is 0 Å². The van der Waals surface area contributed by atoms with Crippen LogP contribution in [0.25, 0.3) is 5.69 Å². The molecule has 2 aromatic carbocycles. The number of carbonyl (C=O) groups excluding carboxylic acids is 1. The molecule has 0 aliphatic carbocycles. The van der Waals surface area contributed by atoms with Crippen LogP contribution in [-0.2, 0) is 6.42 Å². The first-order valence-corrected chi connectivity index (χ1v) is 7.55. The number of methoxy groups -OCH3 is 1. The predicted octanol–water partition coefficient (Wildman–Crippen LogP) is 2.49. The maximum atomic E-state index is 12.6. The number of benzene rings is 2. The highest BCUT2D eigenvalue weighted by molar-refractivity contribution is 6.07. The summed E-state index contributed by atoms with van der Waals surface area (Å²) in [4.78, 5) is 12.6. The van der Waals surface area contributed by atoms with Gasteiger partial charge in [0.05, 0.1) is 24.0 Å². The standard InChI is InChI=1S/C17H17N5O2/c1-3-16-19-20-21-22(16)14-10-6-5-9-13(14)18-17(23)12-8-4-7-11-15(12)24-2/h4-11H,3H2,1-2H3,(H,18,23). The Morgan fingerprint density at radius 1 is 1.17 bits per heavy atom. The molecule has 0 unspecified atom stereocenters. The molecule has 122 valence electrons. The fourth-order valence-electron chi connectivity index (χ4n) is 2.40. The highest BCUT2D eigenvalue weighted by Crippen LogP contribution is 2.23. The van der Waals surface area contributed by atoms with Crippen LogP contribution in [0.1, 0.15) is 23.1 Å². The van der Waals surface area contributed by atoms with Crippen molar-refractivity contribution in [3.63, 3.8) is 0 Å². The number of nitrogens with zero attached hydrogens (tertiary/aromatic N) is 4. The topological polar surface area (TPSA) is 81.9 Å². The Balaban J connectivity index is 1.95. The molecule has 0 aliphatic heterocycles. The van der Waals surface area contributed by atoms with Gasteiger partial charge >= 0.3 is 0 Å². The molecule has 1 amide bonds. The first-order valence-electron chi connectivity index (χ1n) is 7.55. The van der Waals surface area contributed by atoms with Crippen molar-refractivity contribution >= 4 is 11.6 Å². The Labute approximate surface area is 139 Å². The van der Waals surface area contributed by atoms with Crippen molar-refractivity contribution in [2.24, 2.45) is 0 Å². The van der Waals surface area contributed by atoms with Crippen LogP contribution in [0.15, 0.2) is 48.5 Å². The van der Waals surface area contributed by atoms with Gasteiger partial charge in [0.2, 0.25) is 0 Å². The quantitative estimate of drug-likeness (QED) is 0.780. The average Bonchev–Trinajstić information content (AvgIpc) is 3.10. The van der Waals surface area contributed by atoms with Crippen molar-refractivity contribution in [1.82, 2.24) is 20.2 Å². The van der Waals surface area contributed by atoms with Crippen LogP contribution in [-0.4, -0.2) is 33.2 Å². The van der Waals surface area contributed by atoms with Gasteiger partial charge in [-0.15, -0.1) is 5.10 Å². The number of carbonyl (C=O) groups is 1. The molecule has 1 aromatic heterocycles. The van der Waals surface area contributed by atoms with E-state index in [1.807, 2.05) is 37.3 Å². The Morgan fingerprint density at radius 2 is 1.92 bits per heavy atom. The first-order chi connectivity index (χ1) is 11.7. The Morgan fingerprint density at radius 3 is 2.71 bits per heavy atom. The van der Waals surface area contributed by atoms with E-state index >= 15 is 0 Å². The van der Waals surface area contributed by atoms with E-state index in [-0.39, 0.29) is 5.91 Å². The van der Waals surface area contributed by atoms with Crippen molar-refractivity contribution < 1.29 is 9.53 Å². The number of rotatable bonds is 5. The normalized spacial score (nSPS) is 10.4. The second-order valence-corrected chi connectivity index (χ2v) is 5.03. The smallest absolute Gasteiger partial charge is 0.259 e. The monoisotopic (exact) mass is 323 g/mol. The maximum Gasteiger partial charge on any atom is 0.259 e. The third-order valence-corrected chi connectivity index (χ3v) is 3.58. The highest BCUT2D eigenvalue weighted by Gasteiger charge is 2.15. The van der Waals surface area contributed by atoms with E-state index in [2.05, 4.69) is 20.8 Å². The molecule has 1 heterocycles. The van der Waals surface area contributed by atoms with Crippen LogP contribution >= 0.6 is 0 Å². The highest BCUT2D eigenvalue weighted by atomic mass is 16.5. The van der Waals surface area contributed by atoms with Gasteiger partial charge < -0.3 is 10.1 Å². The minimum Gasteiger partial charge on any atom is -0.496 e. The minimum atomic E-state index is -0.258. The van der Waals surface area contributed by atoms with Crippen molar-refractivity contribution in [1.29, 1.82) is 0 Å². The van der Waals surface area contributed by atoms with Crippen LogP contribution in [0.4, 0.5) is 5.69 Å². The average molecular weight is 323 g/mol. The molecule has 0 bridgehead atoms. The van der Waals surface area contributed by atoms with Gasteiger partial charge in [0.1, 0.15) is 5.75 Å². The van der Waals surface area contributed by atoms with Crippen molar-refractivity contribution in [2.75, 3.05) is 12.4 Å². The number of aromatic nitrogens is 4. The number of ether oxygens (including phenoxy) is 1. The van der Waals surface area contributed by atoms with Crippen LogP contribution in [0.3, 0.4) is 0 Å². The zero-order valence-electron chi connectivity index (χ0n) is 13.4. The molecule has 1 N–H and O–H groups in total. The maximum absolute atomic E-state index is 12.6. The summed E-state index contributed by atoms with van der Waals surface area (Å²) in [5.74, 6) is 0.976. The number of anilines is 1. The van der Waals surface area contributed by atoms with Crippen LogP contribution < -0.4 is 10.1 Å². The summed E-state index contributed by atoms with van der Waals surface area (Å²) < 4.78 is 6.87. The number of nitrogens with one attached hydrogen (secondary N) is 1. The van der Waals surface area contributed by atoms with E-state index in [1.54, 1.807) is 22.9 Å². The zero-order valence-corrected chi connectivity index (χ0v) is 13.4. The van der Waals surface area contributed by atoms with E-state index in [0.717, 1.165) is 0 Å². The minimum absolute atomic E-state index is 0.258. The van der Waals surface area contributed by atoms with E-state index in [0.29, 0.717) is 34.9 Å². The molecule has 0 saturated carbocycles. The van der Waals surface area contributed by atoms with Gasteiger partial charge in [-0.25, -0.2) is 0 Å². The lowest BCUT2D eigenvalue weighted by Crippen LogP contribution is -2.15. The molecule has 3 rings (SSSR count). The number of hydrogen-bond donors (Lipinski definition) is 1. The lowest BCUT2D eigenvalue weighted by Gasteiger charge is -2.13. The lowest BCUT2D eigenvalue weighted by atomic mass is 10.1. The van der Waals surface area contributed by atoms with E-state index in [1.165, 1.54) is 7.11 Å². The molecule has 0 saturated heterocycles. The summed E-state index contributed by atoms with van der Waals surface area (Å²) in [6, 6.07) is 14.4. The summed E-state index contributed by atoms with van der Waals surface area (Å²) in [5, 5.41) is 14.6. The molecule has 0 spiro atoms. The predicted molar refractivity (Wildman–Crippen MR) is 89.5 cm³/mol. The van der Waals surface area contributed by atoms with Crippen molar-refractivity contribution in [3.05, 3.63) is 59.9 Å². The zero-order chi connectivity index (χ0) is 16.9. The summed E-state index contributed by atoms with van der Waals surface area (Å²) in [6.45, 7) is 1.97. The Bertz CT molecular complexity index is 859. The molecular weight excluding hydrogens is 306 g/mol. The number of amides is 1. The fraction of sp³-hybridized carbons (Fsp3) is 0.176. The van der Waals surface area contributed by atoms with Gasteiger partial charge in [-0.3, -0.25) is 4.79 Å². The summed E-state index contributed by atoms with van der Waals surface area (Å²) in [6.07, 6.45) is 0.682. The third kappa shape index (κ3) is 2.96. The van der Waals surface area contributed by atoms with Gasteiger partial charge in [-0.2, -0.15) is 4.68 Å². The van der Waals surface area contributed by atoms with Crippen LogP contribution in [0, 0.1) is 0 Å². The SMILES string of the molecule is CCc1nnnn1-c1ccccc1NC(=O)c1ccccc1OC. The van der Waals surface area contributed by atoms with Crippen molar-refractivity contribution in [3.8, 4) is 11.4 Å². The number of para-hydroxylation sites is 3. The van der Waals surface area contributed by atoms with Crippen LogP contribution in [0.5, 0.6) is 5.75 Å². The van der Waals surface area contributed by atoms with Gasteiger partial charge in [0.15, 0.2) is 5.82 Å². The summed E-state index contributed by atoms with van der Waals surface area (Å²) >= 11 is 0. The molecule has 3 aromatic rings. The number of aryl methyl sites for hydroxylation is 1. The van der Waals surface area contributed by atoms with E-state index < -0.39 is 0 Å². The van der Waals surface area contributed by atoms with Gasteiger partial charge in [0.25, 0.3) is 5.91 Å². The van der Waals surface area contributed by atoms with Crippen molar-refractivity contribution in [2.45, 2.75) is 13.3 Å². The largest absolute Gasteiger partial charge is 0.496 e. The summed E-state index contributed by atoms with van der Waals surface area (Å²) in [7, 11) is 1.54. The number of hydrogen-bond acceptors (Lipinski definition) is 5. The molecule has 24 heavy (non-hydrogen) atoms. The lowest BCUT2D eigenvalue weighted by molar-refractivity contribution is 0.102. The summed E-state index contributed by atoms with van der Waals surface area (Å²) in [5.41, 5.74) is 1.79. The fourth-order valence-corrected chi connectivity index (χ4v) is 2.40. The number of tetrazole rings is 1.